The van der Waals surface area contributed by atoms with E-state index in [2.05, 4.69) is 9.47 Å². The number of alkyl halides is 7. The van der Waals surface area contributed by atoms with E-state index in [1.54, 1.807) is 11.6 Å². The van der Waals surface area contributed by atoms with Crippen LogP contribution in [0.2, 0.25) is 0 Å². The largest absolute Gasteiger partial charge is 0.432 e. The molecule has 1 N–H and O–H groups in total. The molecule has 1 heterocycles. The lowest BCUT2D eigenvalue weighted by Gasteiger charge is -2.38. The van der Waals surface area contributed by atoms with E-state index < -0.39 is 108 Å². The van der Waals surface area contributed by atoms with Crippen LogP contribution >= 0.6 is 0 Å². The molecule has 19 heteroatoms. The fourth-order valence-electron chi connectivity index (χ4n) is 4.52. The highest BCUT2D eigenvalue weighted by Gasteiger charge is 2.60. The number of hydrogen-bond acceptors (Lipinski definition) is 6. The Kier molecular flexibility index (Phi) is 8.48. The number of anilines is 1. The molecule has 0 fully saturated rings. The molecule has 236 valence electrons. The number of aromatic nitrogens is 1. The predicted molar refractivity (Wildman–Crippen MR) is 130 cm³/mol. The highest BCUT2D eigenvalue weighted by Crippen LogP contribution is 2.47. The van der Waals surface area contributed by atoms with Crippen molar-refractivity contribution in [1.82, 2.24) is 3.97 Å². The van der Waals surface area contributed by atoms with Crippen molar-refractivity contribution in [2.75, 3.05) is 4.72 Å². The number of halogens is 9. The summed E-state index contributed by atoms with van der Waals surface area (Å²) in [5.41, 5.74) is -5.60. The van der Waals surface area contributed by atoms with Crippen molar-refractivity contribution in [2.24, 2.45) is 0 Å². The van der Waals surface area contributed by atoms with E-state index in [0.29, 0.717) is 11.8 Å². The van der Waals surface area contributed by atoms with Gasteiger partial charge in [-0.15, -0.1) is 0 Å². The van der Waals surface area contributed by atoms with E-state index in [9.17, 15) is 56.3 Å². The molecule has 1 aromatic heterocycles. The number of nitrogens with zero attached hydrogens (tertiary/aromatic N) is 1. The molecule has 1 aliphatic rings. The number of benzene rings is 2. The Labute approximate surface area is 238 Å². The van der Waals surface area contributed by atoms with Gasteiger partial charge >= 0.3 is 19.4 Å². The van der Waals surface area contributed by atoms with Crippen LogP contribution in [0.3, 0.4) is 0 Å². The summed E-state index contributed by atoms with van der Waals surface area (Å²) in [5, 5.41) is 0. The Morgan fingerprint density at radius 2 is 1.58 bits per heavy atom. The summed E-state index contributed by atoms with van der Waals surface area (Å²) >= 11 is 0. The van der Waals surface area contributed by atoms with Crippen molar-refractivity contribution in [1.29, 1.82) is 0 Å². The van der Waals surface area contributed by atoms with Crippen LogP contribution in [0.15, 0.2) is 52.4 Å². The highest BCUT2D eigenvalue weighted by atomic mass is 32.2. The molecule has 0 aliphatic heterocycles. The van der Waals surface area contributed by atoms with Crippen LogP contribution in [0, 0.1) is 18.6 Å². The first kappa shape index (κ1) is 32.5. The molecule has 0 radical (unpaired) electrons. The van der Waals surface area contributed by atoms with E-state index in [-0.39, 0.29) is 16.1 Å². The van der Waals surface area contributed by atoms with Crippen LogP contribution in [0.5, 0.6) is 5.75 Å². The van der Waals surface area contributed by atoms with E-state index in [0.717, 1.165) is 12.1 Å². The average molecular weight is 667 g/mol. The van der Waals surface area contributed by atoms with E-state index in [4.69, 9.17) is 0 Å². The minimum absolute atomic E-state index is 0.0984. The number of nitrogens with one attached hydrogen (secondary N) is 1. The third-order valence-electron chi connectivity index (χ3n) is 6.56. The van der Waals surface area contributed by atoms with E-state index >= 15 is 0 Å². The molecule has 1 atom stereocenters. The van der Waals surface area contributed by atoms with Gasteiger partial charge < -0.3 is 9.47 Å². The molecule has 0 saturated heterocycles. The molecule has 0 spiro atoms. The molecule has 3 aromatic rings. The summed E-state index contributed by atoms with van der Waals surface area (Å²) in [6.07, 6.45) is -8.83. The lowest BCUT2D eigenvalue weighted by molar-refractivity contribution is -0.330. The maximum absolute atomic E-state index is 14.5. The van der Waals surface area contributed by atoms with Gasteiger partial charge in [-0.2, -0.15) is 30.7 Å². The van der Waals surface area contributed by atoms with Gasteiger partial charge in [0.15, 0.2) is 23.0 Å². The molecular weight excluding hydrogens is 647 g/mol. The highest BCUT2D eigenvalue weighted by molar-refractivity contribution is 7.93. The average Bonchev–Trinajstić information content (AvgIpc) is 3.26. The molecule has 8 nitrogen and oxygen atoms in total. The molecule has 4 rings (SSSR count). The first-order chi connectivity index (χ1) is 19.8. The Morgan fingerprint density at radius 1 is 0.953 bits per heavy atom. The zero-order chi connectivity index (χ0) is 32.1. The van der Waals surface area contributed by atoms with Crippen molar-refractivity contribution in [3.05, 3.63) is 71.1 Å². The molecular formula is C24H19F9N2O6S2. The maximum Gasteiger partial charge on any atom is 0.418 e. The topological polar surface area (TPSA) is 104 Å². The van der Waals surface area contributed by atoms with Gasteiger partial charge in [0.1, 0.15) is 4.90 Å². The smallest absolute Gasteiger partial charge is 0.418 e. The van der Waals surface area contributed by atoms with Crippen LogP contribution < -0.4 is 9.46 Å². The molecule has 0 bridgehead atoms. The minimum Gasteiger partial charge on any atom is -0.432 e. The van der Waals surface area contributed by atoms with Crippen LogP contribution in [0.25, 0.3) is 0 Å². The van der Waals surface area contributed by atoms with Gasteiger partial charge in [-0.25, -0.2) is 29.6 Å². The SMILES string of the molecule is Cc1ccc(S(=O)(=O)n2cc(S(=O)(=O)Nc3cc(F)c(OC(F)F)cc3F)c3c2C[C@@](OC(F)F)(C(F)(F)F)CC3)cc1. The molecule has 0 saturated carbocycles. The third-order valence-corrected chi connectivity index (χ3v) is 9.69. The van der Waals surface area contributed by atoms with Crippen molar-refractivity contribution >= 4 is 25.7 Å². The number of rotatable bonds is 9. The quantitative estimate of drug-likeness (QED) is 0.292. The van der Waals surface area contributed by atoms with Gasteiger partial charge in [-0.05, 0) is 37.5 Å². The molecule has 2 aromatic carbocycles. The van der Waals surface area contributed by atoms with Gasteiger partial charge in [0.25, 0.3) is 20.0 Å². The summed E-state index contributed by atoms with van der Waals surface area (Å²) in [4.78, 5) is -1.51. The van der Waals surface area contributed by atoms with Gasteiger partial charge in [0, 0.05) is 30.4 Å². The summed E-state index contributed by atoms with van der Waals surface area (Å²) in [7, 11) is -10.0. The monoisotopic (exact) mass is 666 g/mol. The first-order valence-electron chi connectivity index (χ1n) is 11.8. The summed E-state index contributed by atoms with van der Waals surface area (Å²) in [5.74, 6) is -4.51. The van der Waals surface area contributed by atoms with Gasteiger partial charge in [0.05, 0.1) is 10.6 Å². The second-order valence-electron chi connectivity index (χ2n) is 9.33. The summed E-state index contributed by atoms with van der Waals surface area (Å²) < 4.78 is 185. The molecule has 43 heavy (non-hydrogen) atoms. The van der Waals surface area contributed by atoms with Crippen molar-refractivity contribution in [2.45, 2.75) is 61.0 Å². The minimum atomic E-state index is -5.47. The standard InChI is InChI=1S/C24H19F9N2O6S2/c1-12-2-4-13(5-3-12)43(38,39)35-11-20(14-6-7-23(10-18(14)35,24(31,32)33)41-22(29)30)42(36,37)34-17-8-16(26)19(9-15(17)25)40-21(27)28/h2-5,8-9,11,21-22,34H,6-7,10H2,1H3/t23-/m1/s1. The van der Waals surface area contributed by atoms with E-state index in [1.165, 1.54) is 12.1 Å². The Bertz CT molecular complexity index is 1740. The van der Waals surface area contributed by atoms with Crippen LogP contribution in [0.1, 0.15) is 23.2 Å². The maximum atomic E-state index is 14.5. The van der Waals surface area contributed by atoms with E-state index in [1.807, 2.05) is 0 Å². The van der Waals surface area contributed by atoms with Gasteiger partial charge in [-0.3, -0.25) is 4.72 Å². The van der Waals surface area contributed by atoms with Crippen molar-refractivity contribution < 1.29 is 65.8 Å². The Hall–Kier alpha value is -3.45. The Morgan fingerprint density at radius 3 is 2.14 bits per heavy atom. The van der Waals surface area contributed by atoms with Crippen molar-refractivity contribution in [3.63, 3.8) is 0 Å². The number of fused-ring (bicyclic) bond motifs is 1. The number of ether oxygens (including phenoxy) is 2. The van der Waals surface area contributed by atoms with Gasteiger partial charge in [-0.1, -0.05) is 17.7 Å². The normalized spacial score (nSPS) is 17.8. The summed E-state index contributed by atoms with van der Waals surface area (Å²) in [6, 6.07) is 5.05. The zero-order valence-corrected chi connectivity index (χ0v) is 23.1. The third kappa shape index (κ3) is 6.28. The zero-order valence-electron chi connectivity index (χ0n) is 21.4. The lowest BCUT2D eigenvalue weighted by Crippen LogP contribution is -2.53. The molecule has 0 unspecified atom stereocenters. The van der Waals surface area contributed by atoms with Crippen LogP contribution in [0.4, 0.5) is 45.2 Å². The van der Waals surface area contributed by atoms with Gasteiger partial charge in [0.2, 0.25) is 0 Å². The number of hydrogen-bond donors (Lipinski definition) is 1. The molecule has 1 aliphatic carbocycles. The van der Waals surface area contributed by atoms with Crippen LogP contribution in [-0.2, 0) is 37.6 Å². The van der Waals surface area contributed by atoms with Crippen LogP contribution in [-0.4, -0.2) is 45.8 Å². The second kappa shape index (κ2) is 11.2. The fourth-order valence-corrected chi connectivity index (χ4v) is 7.35. The summed E-state index contributed by atoms with van der Waals surface area (Å²) in [6.45, 7) is -5.91. The lowest BCUT2D eigenvalue weighted by atomic mass is 9.83. The predicted octanol–water partition coefficient (Wildman–Crippen LogP) is 5.74. The fraction of sp³-hybridized carbons (Fsp3) is 0.333. The number of sulfonamides is 1. The Balaban J connectivity index is 1.89. The second-order valence-corrected chi connectivity index (χ2v) is 12.8. The first-order valence-corrected chi connectivity index (χ1v) is 14.7. The molecule has 0 amide bonds. The number of aryl methyl sites for hydroxylation is 1. The van der Waals surface area contributed by atoms with Crippen molar-refractivity contribution in [3.8, 4) is 5.75 Å².